The molecule has 4 rings (SSSR count). The summed E-state index contributed by atoms with van der Waals surface area (Å²) < 4.78 is 1.19. The fraction of sp³-hybridized carbons (Fsp3) is 0.368. The number of hydrogen-bond acceptors (Lipinski definition) is 4. The predicted molar refractivity (Wildman–Crippen MR) is 103 cm³/mol. The number of nitrogens with one attached hydrogen (secondary N) is 1. The summed E-state index contributed by atoms with van der Waals surface area (Å²) in [6.45, 7) is 6.22. The molecule has 124 valence electrons. The van der Waals surface area contributed by atoms with Gasteiger partial charge in [0.25, 0.3) is 0 Å². The molecule has 1 aromatic carbocycles. The summed E-state index contributed by atoms with van der Waals surface area (Å²) in [5.41, 5.74) is 3.90. The molecule has 1 aliphatic rings. The van der Waals surface area contributed by atoms with Gasteiger partial charge in [-0.05, 0) is 42.4 Å². The van der Waals surface area contributed by atoms with E-state index in [-0.39, 0.29) is 5.91 Å². The summed E-state index contributed by atoms with van der Waals surface area (Å²) in [4.78, 5) is 17.9. The van der Waals surface area contributed by atoms with Crippen molar-refractivity contribution in [2.24, 2.45) is 5.41 Å². The van der Waals surface area contributed by atoms with E-state index in [4.69, 9.17) is 4.98 Å². The molecule has 0 unspecified atom stereocenters. The van der Waals surface area contributed by atoms with Crippen LogP contribution in [0.2, 0.25) is 0 Å². The lowest BCUT2D eigenvalue weighted by Crippen LogP contribution is -2.20. The Morgan fingerprint density at radius 1 is 1.25 bits per heavy atom. The molecule has 5 heteroatoms. The zero-order valence-corrected chi connectivity index (χ0v) is 15.7. The lowest BCUT2D eigenvalue weighted by Gasteiger charge is -2.29. The van der Waals surface area contributed by atoms with Gasteiger partial charge in [-0.15, -0.1) is 22.7 Å². The molecule has 0 fully saturated rings. The van der Waals surface area contributed by atoms with Gasteiger partial charge in [-0.3, -0.25) is 4.79 Å². The maximum atomic E-state index is 11.7. The molecule has 0 saturated carbocycles. The van der Waals surface area contributed by atoms with E-state index in [0.717, 1.165) is 33.9 Å². The van der Waals surface area contributed by atoms with Gasteiger partial charge in [0.2, 0.25) is 5.91 Å². The highest BCUT2D eigenvalue weighted by molar-refractivity contribution is 7.22. The predicted octanol–water partition coefficient (Wildman–Crippen LogP) is 5.50. The molecule has 3 nitrogen and oxygen atoms in total. The Kier molecular flexibility index (Phi) is 3.73. The van der Waals surface area contributed by atoms with Crippen molar-refractivity contribution in [3.63, 3.8) is 0 Å². The minimum Gasteiger partial charge on any atom is -0.317 e. The largest absolute Gasteiger partial charge is 0.317 e. The highest BCUT2D eigenvalue weighted by atomic mass is 32.1. The van der Waals surface area contributed by atoms with Crippen LogP contribution in [0.1, 0.15) is 37.6 Å². The topological polar surface area (TPSA) is 42.0 Å². The first-order valence-corrected chi connectivity index (χ1v) is 9.84. The highest BCUT2D eigenvalue weighted by Gasteiger charge is 2.31. The van der Waals surface area contributed by atoms with Gasteiger partial charge >= 0.3 is 0 Å². The molecule has 0 atom stereocenters. The third-order valence-electron chi connectivity index (χ3n) is 4.58. The van der Waals surface area contributed by atoms with Crippen molar-refractivity contribution in [1.29, 1.82) is 0 Å². The van der Waals surface area contributed by atoms with E-state index in [9.17, 15) is 4.79 Å². The quantitative estimate of drug-likeness (QED) is 0.659. The molecule has 0 saturated heterocycles. The molecule has 0 bridgehead atoms. The van der Waals surface area contributed by atoms with Crippen LogP contribution < -0.4 is 5.32 Å². The number of rotatable bonds is 2. The van der Waals surface area contributed by atoms with Gasteiger partial charge in [-0.1, -0.05) is 26.0 Å². The molecule has 3 aromatic rings. The minimum absolute atomic E-state index is 0.0183. The van der Waals surface area contributed by atoms with Crippen molar-refractivity contribution in [2.45, 2.75) is 40.0 Å². The van der Waals surface area contributed by atoms with Gasteiger partial charge in [0, 0.05) is 17.4 Å². The van der Waals surface area contributed by atoms with Crippen molar-refractivity contribution >= 4 is 43.8 Å². The number of fused-ring (bicyclic) bond motifs is 2. The summed E-state index contributed by atoms with van der Waals surface area (Å²) in [5.74, 6) is -0.0183. The SMILES string of the molecule is CC(=O)Nc1sc2c(c1-c1nc3ccccc3s1)CCC(C)(C)C2. The number of carbonyl (C=O) groups is 1. The van der Waals surface area contributed by atoms with E-state index >= 15 is 0 Å². The highest BCUT2D eigenvalue weighted by Crippen LogP contribution is 2.49. The molecular formula is C19H20N2OS2. The van der Waals surface area contributed by atoms with E-state index < -0.39 is 0 Å². The molecule has 1 N–H and O–H groups in total. The van der Waals surface area contributed by atoms with Gasteiger partial charge in [-0.25, -0.2) is 4.98 Å². The van der Waals surface area contributed by atoms with E-state index in [1.54, 1.807) is 29.6 Å². The van der Waals surface area contributed by atoms with Crippen LogP contribution in [0.15, 0.2) is 24.3 Å². The molecule has 0 aliphatic heterocycles. The van der Waals surface area contributed by atoms with Crippen LogP contribution in [0.3, 0.4) is 0 Å². The number of para-hydroxylation sites is 1. The minimum atomic E-state index is -0.0183. The molecular weight excluding hydrogens is 336 g/mol. The number of amides is 1. The van der Waals surface area contributed by atoms with Crippen LogP contribution in [0, 0.1) is 5.41 Å². The van der Waals surface area contributed by atoms with Gasteiger partial charge in [0.05, 0.1) is 10.2 Å². The number of carbonyl (C=O) groups excluding carboxylic acids is 1. The number of thiazole rings is 1. The molecule has 2 aromatic heterocycles. The first-order chi connectivity index (χ1) is 11.4. The number of thiophene rings is 1. The van der Waals surface area contributed by atoms with Crippen molar-refractivity contribution in [3.05, 3.63) is 34.7 Å². The maximum absolute atomic E-state index is 11.7. The molecule has 0 spiro atoms. The van der Waals surface area contributed by atoms with Crippen molar-refractivity contribution in [2.75, 3.05) is 5.32 Å². The summed E-state index contributed by atoms with van der Waals surface area (Å²) in [6, 6.07) is 8.22. The van der Waals surface area contributed by atoms with Crippen LogP contribution in [-0.4, -0.2) is 10.9 Å². The van der Waals surface area contributed by atoms with Gasteiger partial charge in [0.15, 0.2) is 0 Å². The second kappa shape index (κ2) is 5.67. The van der Waals surface area contributed by atoms with Crippen molar-refractivity contribution in [1.82, 2.24) is 4.98 Å². The summed E-state index contributed by atoms with van der Waals surface area (Å²) in [5, 5.41) is 5.03. The second-order valence-electron chi connectivity index (χ2n) is 7.22. The van der Waals surface area contributed by atoms with E-state index in [2.05, 4.69) is 31.3 Å². The number of nitrogens with zero attached hydrogens (tertiary/aromatic N) is 1. The molecule has 1 aliphatic carbocycles. The third-order valence-corrected chi connectivity index (χ3v) is 6.78. The number of benzene rings is 1. The summed E-state index contributed by atoms with van der Waals surface area (Å²) in [6.07, 6.45) is 3.31. The zero-order chi connectivity index (χ0) is 16.9. The van der Waals surface area contributed by atoms with Crippen LogP contribution >= 0.6 is 22.7 Å². The number of hydrogen-bond donors (Lipinski definition) is 1. The van der Waals surface area contributed by atoms with Gasteiger partial charge in [-0.2, -0.15) is 0 Å². The maximum Gasteiger partial charge on any atom is 0.221 e. The number of anilines is 1. The monoisotopic (exact) mass is 356 g/mol. The third kappa shape index (κ3) is 2.76. The normalized spacial score (nSPS) is 16.1. The Hall–Kier alpha value is -1.72. The Morgan fingerprint density at radius 2 is 2.04 bits per heavy atom. The Bertz CT molecular complexity index is 903. The zero-order valence-electron chi connectivity index (χ0n) is 14.1. The average molecular weight is 357 g/mol. The van der Waals surface area contributed by atoms with Gasteiger partial charge in [0.1, 0.15) is 10.0 Å². The van der Waals surface area contributed by atoms with Crippen LogP contribution in [-0.2, 0) is 17.6 Å². The lowest BCUT2D eigenvalue weighted by molar-refractivity contribution is -0.114. The van der Waals surface area contributed by atoms with Crippen molar-refractivity contribution < 1.29 is 4.79 Å². The van der Waals surface area contributed by atoms with Crippen LogP contribution in [0.25, 0.3) is 20.8 Å². The smallest absolute Gasteiger partial charge is 0.221 e. The fourth-order valence-corrected chi connectivity index (χ4v) is 6.02. The van der Waals surface area contributed by atoms with E-state index in [1.165, 1.54) is 21.6 Å². The van der Waals surface area contributed by atoms with Gasteiger partial charge < -0.3 is 5.32 Å². The Labute approximate surface area is 149 Å². The first kappa shape index (κ1) is 15.8. The second-order valence-corrected chi connectivity index (χ2v) is 9.35. The fourth-order valence-electron chi connectivity index (χ4n) is 3.36. The molecule has 24 heavy (non-hydrogen) atoms. The van der Waals surface area contributed by atoms with Crippen LogP contribution in [0.4, 0.5) is 5.00 Å². The van der Waals surface area contributed by atoms with Crippen molar-refractivity contribution in [3.8, 4) is 10.6 Å². The number of aromatic nitrogens is 1. The average Bonchev–Trinajstić information content (AvgIpc) is 3.05. The molecule has 1 amide bonds. The van der Waals surface area contributed by atoms with E-state index in [0.29, 0.717) is 5.41 Å². The Morgan fingerprint density at radius 3 is 2.79 bits per heavy atom. The molecule has 2 heterocycles. The van der Waals surface area contributed by atoms with E-state index in [1.807, 2.05) is 12.1 Å². The Balaban J connectivity index is 1.89. The first-order valence-electron chi connectivity index (χ1n) is 8.21. The summed E-state index contributed by atoms with van der Waals surface area (Å²) in [7, 11) is 0. The lowest BCUT2D eigenvalue weighted by atomic mass is 9.77. The standard InChI is InChI=1S/C19H20N2OS2/c1-11(22)20-17-16(12-8-9-19(2,3)10-15(12)24-17)18-21-13-6-4-5-7-14(13)23-18/h4-7H,8-10H2,1-3H3,(H,20,22). The van der Waals surface area contributed by atoms with Crippen LogP contribution in [0.5, 0.6) is 0 Å². The summed E-state index contributed by atoms with van der Waals surface area (Å²) >= 11 is 3.45. The molecule has 0 radical (unpaired) electrons.